The quantitative estimate of drug-likeness (QED) is 0.634. The zero-order chi connectivity index (χ0) is 7.49. The summed E-state index contributed by atoms with van der Waals surface area (Å²) in [6.07, 6.45) is 3.34. The molecule has 0 nitrogen and oxygen atoms in total. The molecule has 0 aliphatic rings. The van der Waals surface area contributed by atoms with Gasteiger partial charge in [0.25, 0.3) is 0 Å². The Bertz CT molecular complexity index is 74.8. The Morgan fingerprint density at radius 1 is 1.40 bits per heavy atom. The van der Waals surface area contributed by atoms with Gasteiger partial charge < -0.3 is 13.3 Å². The number of hydrogen-bond acceptors (Lipinski definition) is 0. The molecule has 0 rings (SSSR count). The van der Waals surface area contributed by atoms with Gasteiger partial charge in [0.1, 0.15) is 0 Å². The Balaban J connectivity index is 0. The van der Waals surface area contributed by atoms with E-state index in [1.165, 1.54) is 0 Å². The minimum absolute atomic E-state index is 0. The van der Waals surface area contributed by atoms with Crippen molar-refractivity contribution in [2.75, 3.05) is 0 Å². The Kier molecular flexibility index (Phi) is 7.82. The second kappa shape index (κ2) is 5.72. The first-order chi connectivity index (χ1) is 3.98. The maximum absolute atomic E-state index is 3.88. The van der Waals surface area contributed by atoms with Crippen LogP contribution in [0, 0.1) is 24.7 Å². The maximum atomic E-state index is 3.88. The van der Waals surface area contributed by atoms with Gasteiger partial charge in [-0.25, -0.2) is 6.42 Å². The van der Waals surface area contributed by atoms with Crippen LogP contribution < -0.4 is 0 Å². The summed E-state index contributed by atoms with van der Waals surface area (Å²) < 4.78 is 0. The van der Waals surface area contributed by atoms with Crippen molar-refractivity contribution < 1.29 is 32.7 Å². The molecule has 0 saturated heterocycles. The first kappa shape index (κ1) is 13.7. The average Bonchev–Trinajstić information content (AvgIpc) is 1.63. The van der Waals surface area contributed by atoms with Crippen molar-refractivity contribution >= 4 is 0 Å². The van der Waals surface area contributed by atoms with Crippen LogP contribution >= 0.6 is 0 Å². The topological polar surface area (TPSA) is 0 Å². The van der Waals surface area contributed by atoms with Gasteiger partial charge >= 0.3 is 0 Å². The Morgan fingerprint density at radius 2 is 1.80 bits per heavy atom. The predicted molar refractivity (Wildman–Crippen MR) is 42.9 cm³/mol. The van der Waals surface area contributed by atoms with Gasteiger partial charge in [-0.05, 0) is 0 Å². The number of rotatable bonds is 3. The van der Waals surface area contributed by atoms with E-state index in [9.17, 15) is 0 Å². The Hall–Kier alpha value is 1.10. The molecule has 0 N–H and O–H groups in total. The van der Waals surface area contributed by atoms with Crippen molar-refractivity contribution in [2.45, 2.75) is 34.1 Å². The summed E-state index contributed by atoms with van der Waals surface area (Å²) in [6, 6.07) is 0. The van der Waals surface area contributed by atoms with Gasteiger partial charge in [0.05, 0.1) is 0 Å². The molecule has 0 bridgehead atoms. The van der Waals surface area contributed by atoms with E-state index in [2.05, 4.69) is 41.0 Å². The molecule has 0 aromatic rings. The molecule has 0 spiro atoms. The van der Waals surface area contributed by atoms with Crippen LogP contribution in [0.2, 0.25) is 0 Å². The van der Waals surface area contributed by atoms with Gasteiger partial charge in [0, 0.05) is 32.7 Å². The van der Waals surface area contributed by atoms with Gasteiger partial charge in [-0.2, -0.15) is 11.3 Å². The second-order valence-corrected chi connectivity index (χ2v) is 3.65. The van der Waals surface area contributed by atoms with Gasteiger partial charge in [0.15, 0.2) is 0 Å². The molecule has 10 heavy (non-hydrogen) atoms. The van der Waals surface area contributed by atoms with Crippen LogP contribution in [0.4, 0.5) is 0 Å². The summed E-state index contributed by atoms with van der Waals surface area (Å²) in [4.78, 5) is 0. The fourth-order valence-corrected chi connectivity index (χ4v) is 0.986. The summed E-state index contributed by atoms with van der Waals surface area (Å²) in [5, 5.41) is 0. The summed E-state index contributed by atoms with van der Waals surface area (Å²) in [5.41, 5.74) is 0.328. The van der Waals surface area contributed by atoms with Crippen LogP contribution in [0.1, 0.15) is 34.1 Å². The van der Waals surface area contributed by atoms with Crippen LogP contribution in [0.25, 0.3) is 0 Å². The van der Waals surface area contributed by atoms with Gasteiger partial charge in [-0.1, -0.05) is 27.7 Å². The molecule has 1 heteroatoms. The molecule has 0 unspecified atom stereocenters. The molecule has 1 radical (unpaired) electrons. The first-order valence-electron chi connectivity index (χ1n) is 3.63. The molecule has 59 valence electrons. The summed E-state index contributed by atoms with van der Waals surface area (Å²) in [6.45, 7) is 12.7. The van der Waals surface area contributed by atoms with E-state index in [4.69, 9.17) is 0 Å². The largest absolute Gasteiger partial charge is 0.345 e. The van der Waals surface area contributed by atoms with Crippen LogP contribution in [-0.4, -0.2) is 0 Å². The van der Waals surface area contributed by atoms with Gasteiger partial charge in [0.2, 0.25) is 0 Å². The van der Waals surface area contributed by atoms with E-state index in [1.54, 1.807) is 0 Å². The van der Waals surface area contributed by atoms with Crippen LogP contribution in [0.5, 0.6) is 0 Å². The standard InChI is InChI=1S/C9H18.Y/c1-6-9(4,5)7-8(2)3;/h7-8H,1,6H2,2-5H3;/q-2;. The van der Waals surface area contributed by atoms with Crippen molar-refractivity contribution in [2.24, 2.45) is 11.3 Å². The predicted octanol–water partition coefficient (Wildman–Crippen LogP) is 3.09. The van der Waals surface area contributed by atoms with E-state index in [1.807, 2.05) is 0 Å². The fourth-order valence-electron chi connectivity index (χ4n) is 0.986. The second-order valence-electron chi connectivity index (χ2n) is 3.65. The first-order valence-corrected chi connectivity index (χ1v) is 3.63. The van der Waals surface area contributed by atoms with Crippen molar-refractivity contribution in [3.63, 3.8) is 0 Å². The maximum Gasteiger partial charge on any atom is 0 e. The van der Waals surface area contributed by atoms with E-state index in [0.717, 1.165) is 6.42 Å². The van der Waals surface area contributed by atoms with Gasteiger partial charge in [-0.15, -0.1) is 0 Å². The van der Waals surface area contributed by atoms with Crippen molar-refractivity contribution in [1.82, 2.24) is 0 Å². The summed E-state index contributed by atoms with van der Waals surface area (Å²) in [7, 11) is 0. The minimum Gasteiger partial charge on any atom is -0.345 e. The molecule has 0 saturated carbocycles. The molecule has 0 atom stereocenters. The molecule has 0 aromatic heterocycles. The van der Waals surface area contributed by atoms with E-state index in [0.29, 0.717) is 11.3 Å². The molecule has 0 aromatic carbocycles. The zero-order valence-electron chi connectivity index (χ0n) is 7.65. The smallest absolute Gasteiger partial charge is 0 e. The Morgan fingerprint density at radius 3 is 1.90 bits per heavy atom. The molecular formula is C9H18Y-2. The van der Waals surface area contributed by atoms with E-state index < -0.39 is 0 Å². The normalized spacial score (nSPS) is 11.4. The average molecular weight is 215 g/mol. The van der Waals surface area contributed by atoms with Crippen LogP contribution in [0.15, 0.2) is 0 Å². The molecule has 0 fully saturated rings. The van der Waals surface area contributed by atoms with Crippen LogP contribution in [0.3, 0.4) is 0 Å². The third-order valence-electron chi connectivity index (χ3n) is 1.43. The molecule has 0 amide bonds. The minimum atomic E-state index is 0. The van der Waals surface area contributed by atoms with Gasteiger partial charge in [-0.3, -0.25) is 0 Å². The third kappa shape index (κ3) is 7.21. The summed E-state index contributed by atoms with van der Waals surface area (Å²) >= 11 is 0. The fraction of sp³-hybridized carbons (Fsp3) is 0.778. The molecule has 0 heterocycles. The molecule has 0 aliphatic carbocycles. The SMILES string of the molecule is [CH2-]CC(C)(C)[CH-]C(C)C.[Y]. The third-order valence-corrected chi connectivity index (χ3v) is 1.43. The van der Waals surface area contributed by atoms with Crippen molar-refractivity contribution in [3.8, 4) is 0 Å². The van der Waals surface area contributed by atoms with Crippen molar-refractivity contribution in [1.29, 1.82) is 0 Å². The van der Waals surface area contributed by atoms with E-state index in [-0.39, 0.29) is 32.7 Å². The van der Waals surface area contributed by atoms with Crippen molar-refractivity contribution in [3.05, 3.63) is 13.3 Å². The summed E-state index contributed by atoms with van der Waals surface area (Å²) in [5.74, 6) is 0.682. The zero-order valence-corrected chi connectivity index (χ0v) is 10.5. The monoisotopic (exact) mass is 215 g/mol. The Labute approximate surface area is 91.0 Å². The number of hydrogen-bond donors (Lipinski definition) is 0. The molecular weight excluding hydrogens is 197 g/mol. The molecule has 0 aliphatic heterocycles. The van der Waals surface area contributed by atoms with Crippen LogP contribution in [-0.2, 0) is 32.7 Å². The van der Waals surface area contributed by atoms with E-state index >= 15 is 0 Å².